The van der Waals surface area contributed by atoms with E-state index >= 15 is 0 Å². The van der Waals surface area contributed by atoms with Crippen LogP contribution < -0.4 is 10.9 Å². The Kier molecular flexibility index (Phi) is 7.00. The Morgan fingerprint density at radius 2 is 2.03 bits per heavy atom. The minimum atomic E-state index is -0.177. The molecule has 0 unspecified atom stereocenters. The summed E-state index contributed by atoms with van der Waals surface area (Å²) in [6, 6.07) is 4.07. The molecule has 1 N–H and O–H groups in total. The molecule has 2 fully saturated rings. The number of aromatic nitrogens is 2. The molecule has 0 atom stereocenters. The van der Waals surface area contributed by atoms with Gasteiger partial charge in [-0.1, -0.05) is 50.3 Å². The fourth-order valence-electron chi connectivity index (χ4n) is 4.29. The van der Waals surface area contributed by atoms with Crippen molar-refractivity contribution in [2.24, 2.45) is 5.92 Å². The zero-order chi connectivity index (χ0) is 22.8. The number of nitrogens with zero attached hydrogens (tertiary/aromatic N) is 3. The van der Waals surface area contributed by atoms with E-state index in [1.807, 2.05) is 19.1 Å². The van der Waals surface area contributed by atoms with E-state index in [0.29, 0.717) is 32.8 Å². The van der Waals surface area contributed by atoms with E-state index in [1.54, 1.807) is 21.6 Å². The normalized spacial score (nSPS) is 22.8. The van der Waals surface area contributed by atoms with E-state index in [2.05, 4.69) is 19.2 Å². The molecule has 3 heterocycles. The number of carbonyl (C=O) groups is 1. The van der Waals surface area contributed by atoms with Crippen LogP contribution in [0.3, 0.4) is 0 Å². The van der Waals surface area contributed by atoms with Gasteiger partial charge in [0, 0.05) is 18.8 Å². The summed E-state index contributed by atoms with van der Waals surface area (Å²) in [5.41, 5.74) is 1.81. The van der Waals surface area contributed by atoms with Gasteiger partial charge >= 0.3 is 0 Å². The SMILES string of the molecule is CCCCN1C(=O)C(=Cc2c(NC3CCC(C)CC3)nc3c(C)cccn3c2=O)SC1=S. The highest BCUT2D eigenvalue weighted by Crippen LogP contribution is 2.34. The summed E-state index contributed by atoms with van der Waals surface area (Å²) in [5, 5.41) is 3.54. The van der Waals surface area contributed by atoms with Gasteiger partial charge in [-0.25, -0.2) is 4.98 Å². The van der Waals surface area contributed by atoms with Crippen molar-refractivity contribution in [3.63, 3.8) is 0 Å². The largest absolute Gasteiger partial charge is 0.367 e. The molecule has 1 amide bonds. The van der Waals surface area contributed by atoms with Crippen molar-refractivity contribution in [2.75, 3.05) is 11.9 Å². The maximum Gasteiger partial charge on any atom is 0.267 e. The van der Waals surface area contributed by atoms with Gasteiger partial charge < -0.3 is 5.32 Å². The van der Waals surface area contributed by atoms with E-state index in [0.717, 1.165) is 50.0 Å². The number of unbranched alkanes of at least 4 members (excludes halogenated alkanes) is 1. The Hall–Kier alpha value is -2.19. The third-order valence-corrected chi connectivity index (χ3v) is 7.70. The zero-order valence-corrected chi connectivity index (χ0v) is 20.5. The third kappa shape index (κ3) is 4.62. The molecule has 1 aliphatic carbocycles. The highest BCUT2D eigenvalue weighted by atomic mass is 32.2. The molecule has 0 spiro atoms. The lowest BCUT2D eigenvalue weighted by Crippen LogP contribution is -2.30. The lowest BCUT2D eigenvalue weighted by Gasteiger charge is -2.28. The van der Waals surface area contributed by atoms with Gasteiger partial charge in [-0.3, -0.25) is 18.9 Å². The van der Waals surface area contributed by atoms with Gasteiger partial charge in [0.15, 0.2) is 0 Å². The summed E-state index contributed by atoms with van der Waals surface area (Å²) < 4.78 is 2.11. The van der Waals surface area contributed by atoms with Crippen molar-refractivity contribution in [1.29, 1.82) is 0 Å². The number of nitrogens with one attached hydrogen (secondary N) is 1. The number of thioether (sulfide) groups is 1. The number of pyridine rings is 1. The molecule has 170 valence electrons. The van der Waals surface area contributed by atoms with E-state index in [-0.39, 0.29) is 17.5 Å². The first-order valence-corrected chi connectivity index (χ1v) is 12.7. The van der Waals surface area contributed by atoms with Crippen LogP contribution in [0.5, 0.6) is 0 Å². The second kappa shape index (κ2) is 9.75. The first-order valence-electron chi connectivity index (χ1n) is 11.4. The summed E-state index contributed by atoms with van der Waals surface area (Å²) in [6.07, 6.45) is 9.72. The van der Waals surface area contributed by atoms with Crippen LogP contribution in [-0.2, 0) is 4.79 Å². The van der Waals surface area contributed by atoms with Gasteiger partial charge in [-0.2, -0.15) is 0 Å². The molecule has 4 rings (SSSR count). The maximum absolute atomic E-state index is 13.5. The molecule has 8 heteroatoms. The second-order valence-electron chi connectivity index (χ2n) is 8.85. The topological polar surface area (TPSA) is 66.7 Å². The molecule has 1 aliphatic heterocycles. The van der Waals surface area contributed by atoms with Crippen LogP contribution in [0, 0.1) is 12.8 Å². The molecule has 1 saturated carbocycles. The molecular weight excluding hydrogens is 440 g/mol. The lowest BCUT2D eigenvalue weighted by atomic mass is 9.87. The van der Waals surface area contributed by atoms with Gasteiger partial charge in [0.05, 0.1) is 10.5 Å². The molecule has 1 saturated heterocycles. The number of hydrogen-bond donors (Lipinski definition) is 1. The monoisotopic (exact) mass is 470 g/mol. The molecule has 0 aromatic carbocycles. The van der Waals surface area contributed by atoms with Crippen molar-refractivity contribution in [2.45, 2.75) is 65.3 Å². The number of aryl methyl sites for hydroxylation is 1. The highest BCUT2D eigenvalue weighted by molar-refractivity contribution is 8.26. The number of rotatable bonds is 6. The fourth-order valence-corrected chi connectivity index (χ4v) is 5.58. The summed E-state index contributed by atoms with van der Waals surface area (Å²) in [6.45, 7) is 6.93. The summed E-state index contributed by atoms with van der Waals surface area (Å²) >= 11 is 6.70. The molecule has 32 heavy (non-hydrogen) atoms. The van der Waals surface area contributed by atoms with Crippen LogP contribution in [0.4, 0.5) is 5.82 Å². The number of carbonyl (C=O) groups excluding carboxylic acids is 1. The maximum atomic E-state index is 13.5. The summed E-state index contributed by atoms with van der Waals surface area (Å²) in [5.74, 6) is 1.16. The fraction of sp³-hybridized carbons (Fsp3) is 0.500. The van der Waals surface area contributed by atoms with Crippen molar-refractivity contribution >= 4 is 51.7 Å². The van der Waals surface area contributed by atoms with Crippen molar-refractivity contribution in [1.82, 2.24) is 14.3 Å². The number of fused-ring (bicyclic) bond motifs is 1. The predicted molar refractivity (Wildman–Crippen MR) is 136 cm³/mol. The van der Waals surface area contributed by atoms with Crippen LogP contribution in [0.2, 0.25) is 0 Å². The highest BCUT2D eigenvalue weighted by Gasteiger charge is 2.32. The standard InChI is InChI=1S/C24H30N4O2S2/c1-4-5-12-28-23(30)19(32-24(28)31)14-18-20(25-17-10-8-15(2)9-11-17)26-21-16(3)7-6-13-27(21)22(18)29/h6-7,13-15,17,25H,4-5,8-12H2,1-3H3. The molecule has 2 aliphatic rings. The van der Waals surface area contributed by atoms with Crippen LogP contribution in [0.25, 0.3) is 11.7 Å². The zero-order valence-electron chi connectivity index (χ0n) is 18.9. The molecule has 0 bridgehead atoms. The second-order valence-corrected chi connectivity index (χ2v) is 10.5. The first-order chi connectivity index (χ1) is 15.4. The summed E-state index contributed by atoms with van der Waals surface area (Å²) in [7, 11) is 0. The van der Waals surface area contributed by atoms with E-state index in [9.17, 15) is 9.59 Å². The summed E-state index contributed by atoms with van der Waals surface area (Å²) in [4.78, 5) is 33.5. The van der Waals surface area contributed by atoms with Crippen LogP contribution >= 0.6 is 24.0 Å². The number of thiocarbonyl (C=S) groups is 1. The average Bonchev–Trinajstić information content (AvgIpc) is 3.04. The average molecular weight is 471 g/mol. The van der Waals surface area contributed by atoms with Gasteiger partial charge in [0.25, 0.3) is 11.5 Å². The van der Waals surface area contributed by atoms with Crippen LogP contribution in [0.15, 0.2) is 28.0 Å². The number of hydrogen-bond acceptors (Lipinski definition) is 6. The van der Waals surface area contributed by atoms with Gasteiger partial charge in [0.1, 0.15) is 15.8 Å². The van der Waals surface area contributed by atoms with Gasteiger partial charge in [0.2, 0.25) is 0 Å². The van der Waals surface area contributed by atoms with E-state index in [1.165, 1.54) is 11.8 Å². The Labute approximate surface area is 198 Å². The van der Waals surface area contributed by atoms with Crippen molar-refractivity contribution in [3.05, 3.63) is 44.7 Å². The van der Waals surface area contributed by atoms with Gasteiger partial charge in [-0.05, 0) is 62.7 Å². The molecule has 6 nitrogen and oxygen atoms in total. The van der Waals surface area contributed by atoms with E-state index < -0.39 is 0 Å². The first kappa shape index (κ1) is 23.0. The quantitative estimate of drug-likeness (QED) is 0.474. The van der Waals surface area contributed by atoms with Crippen molar-refractivity contribution < 1.29 is 4.79 Å². The Morgan fingerprint density at radius 3 is 2.75 bits per heavy atom. The number of anilines is 1. The van der Waals surface area contributed by atoms with E-state index in [4.69, 9.17) is 17.2 Å². The predicted octanol–water partition coefficient (Wildman–Crippen LogP) is 4.99. The molecular formula is C24H30N4O2S2. The van der Waals surface area contributed by atoms with Crippen LogP contribution in [-0.4, -0.2) is 37.1 Å². The Morgan fingerprint density at radius 1 is 1.28 bits per heavy atom. The minimum Gasteiger partial charge on any atom is -0.367 e. The van der Waals surface area contributed by atoms with Crippen molar-refractivity contribution in [3.8, 4) is 0 Å². The number of amides is 1. The molecule has 0 radical (unpaired) electrons. The molecule has 2 aromatic heterocycles. The Bertz CT molecular complexity index is 1130. The molecule has 2 aromatic rings. The minimum absolute atomic E-state index is 0.125. The van der Waals surface area contributed by atoms with Gasteiger partial charge in [-0.15, -0.1) is 0 Å². The lowest BCUT2D eigenvalue weighted by molar-refractivity contribution is -0.122. The van der Waals surface area contributed by atoms with Crippen LogP contribution in [0.1, 0.15) is 63.5 Å². The smallest absolute Gasteiger partial charge is 0.267 e. The third-order valence-electron chi connectivity index (χ3n) is 6.33. The Balaban J connectivity index is 1.76.